The molecule has 122 valence electrons. The zero-order chi connectivity index (χ0) is 16.5. The molecule has 1 unspecified atom stereocenters. The second kappa shape index (κ2) is 6.07. The van der Waals surface area contributed by atoms with Crippen molar-refractivity contribution in [1.82, 2.24) is 19.5 Å². The van der Waals surface area contributed by atoms with Crippen molar-refractivity contribution < 1.29 is 9.15 Å². The first kappa shape index (κ1) is 14.9. The Kier molecular flexibility index (Phi) is 3.76. The highest BCUT2D eigenvalue weighted by atomic mass is 16.5. The van der Waals surface area contributed by atoms with E-state index in [0.29, 0.717) is 31.5 Å². The number of pyridine rings is 1. The van der Waals surface area contributed by atoms with Crippen molar-refractivity contribution in [3.05, 3.63) is 53.5 Å². The number of rotatable bonds is 3. The average Bonchev–Trinajstić information content (AvgIpc) is 3.18. The van der Waals surface area contributed by atoms with E-state index < -0.39 is 0 Å². The number of aromatic nitrogens is 3. The summed E-state index contributed by atoms with van der Waals surface area (Å²) in [6, 6.07) is 8.20. The molecule has 1 fully saturated rings. The Morgan fingerprint density at radius 2 is 2.29 bits per heavy atom. The molecule has 3 aromatic heterocycles. The predicted octanol–water partition coefficient (Wildman–Crippen LogP) is 2.08. The lowest BCUT2D eigenvalue weighted by molar-refractivity contribution is -0.0457. The largest absolute Gasteiger partial charge is 0.423 e. The standard InChI is InChI=1S/C17H17N5O2/c1-12-19-20-17(24-12)16-11-21(6-7-23-16)9-13-10-22-5-3-2-4-15(22)14(13)8-18/h2-5,10,16H,6-7,9,11H2,1H3. The monoisotopic (exact) mass is 323 g/mol. The van der Waals surface area contributed by atoms with Gasteiger partial charge in [-0.25, -0.2) is 0 Å². The molecule has 0 radical (unpaired) electrons. The van der Waals surface area contributed by atoms with Gasteiger partial charge in [0, 0.05) is 44.5 Å². The third kappa shape index (κ3) is 2.66. The molecule has 1 atom stereocenters. The van der Waals surface area contributed by atoms with E-state index in [4.69, 9.17) is 9.15 Å². The van der Waals surface area contributed by atoms with Crippen molar-refractivity contribution in [3.8, 4) is 6.07 Å². The van der Waals surface area contributed by atoms with Crippen LogP contribution in [0.4, 0.5) is 0 Å². The summed E-state index contributed by atoms with van der Waals surface area (Å²) in [4.78, 5) is 2.25. The van der Waals surface area contributed by atoms with Gasteiger partial charge in [-0.15, -0.1) is 10.2 Å². The van der Waals surface area contributed by atoms with Crippen molar-refractivity contribution in [2.45, 2.75) is 19.6 Å². The lowest BCUT2D eigenvalue weighted by atomic mass is 10.1. The second-order valence-electron chi connectivity index (χ2n) is 5.89. The molecule has 1 saturated heterocycles. The number of aryl methyl sites for hydroxylation is 1. The number of hydrogen-bond acceptors (Lipinski definition) is 6. The van der Waals surface area contributed by atoms with Crippen LogP contribution in [0.5, 0.6) is 0 Å². The Balaban J connectivity index is 1.56. The molecule has 1 aliphatic heterocycles. The molecule has 0 aliphatic carbocycles. The highest BCUT2D eigenvalue weighted by Crippen LogP contribution is 2.24. The van der Waals surface area contributed by atoms with Crippen LogP contribution in [0.25, 0.3) is 5.52 Å². The van der Waals surface area contributed by atoms with Crippen molar-refractivity contribution in [3.63, 3.8) is 0 Å². The number of morpholine rings is 1. The molecule has 0 aromatic carbocycles. The van der Waals surface area contributed by atoms with Gasteiger partial charge in [0.05, 0.1) is 17.7 Å². The summed E-state index contributed by atoms with van der Waals surface area (Å²) in [6.07, 6.45) is 3.76. The molecular weight excluding hydrogens is 306 g/mol. The molecular formula is C17H17N5O2. The molecule has 7 heteroatoms. The molecule has 1 aliphatic rings. The minimum atomic E-state index is -0.220. The van der Waals surface area contributed by atoms with Crippen LogP contribution >= 0.6 is 0 Å². The first-order valence-corrected chi connectivity index (χ1v) is 7.87. The average molecular weight is 323 g/mol. The quantitative estimate of drug-likeness (QED) is 0.734. The zero-order valence-electron chi connectivity index (χ0n) is 13.3. The van der Waals surface area contributed by atoms with Gasteiger partial charge in [0.2, 0.25) is 11.8 Å². The maximum atomic E-state index is 9.53. The van der Waals surface area contributed by atoms with E-state index in [1.807, 2.05) is 35.0 Å². The highest BCUT2D eigenvalue weighted by molar-refractivity contribution is 5.65. The van der Waals surface area contributed by atoms with Gasteiger partial charge in [0.15, 0.2) is 0 Å². The van der Waals surface area contributed by atoms with E-state index in [9.17, 15) is 5.26 Å². The fourth-order valence-corrected chi connectivity index (χ4v) is 3.10. The van der Waals surface area contributed by atoms with Crippen molar-refractivity contribution in [2.24, 2.45) is 0 Å². The number of fused-ring (bicyclic) bond motifs is 1. The number of nitriles is 1. The molecule has 7 nitrogen and oxygen atoms in total. The minimum absolute atomic E-state index is 0.220. The number of hydrogen-bond donors (Lipinski definition) is 0. The van der Waals surface area contributed by atoms with Gasteiger partial charge >= 0.3 is 0 Å². The Morgan fingerprint density at radius 1 is 1.38 bits per heavy atom. The predicted molar refractivity (Wildman–Crippen MR) is 85.1 cm³/mol. The maximum absolute atomic E-state index is 9.53. The van der Waals surface area contributed by atoms with Gasteiger partial charge in [-0.2, -0.15) is 5.26 Å². The molecule has 3 aromatic rings. The lowest BCUT2D eigenvalue weighted by Crippen LogP contribution is -2.38. The SMILES string of the molecule is Cc1nnc(C2CN(Cc3cn4ccccc4c3C#N)CCO2)o1. The molecule has 0 amide bonds. The van der Waals surface area contributed by atoms with Crippen LogP contribution in [-0.4, -0.2) is 39.2 Å². The molecule has 4 heterocycles. The summed E-state index contributed by atoms with van der Waals surface area (Å²) in [7, 11) is 0. The number of ether oxygens (including phenoxy) is 1. The van der Waals surface area contributed by atoms with Crippen LogP contribution in [0.15, 0.2) is 35.0 Å². The van der Waals surface area contributed by atoms with Crippen molar-refractivity contribution in [2.75, 3.05) is 19.7 Å². The summed E-state index contributed by atoms with van der Waals surface area (Å²) in [5, 5.41) is 17.4. The van der Waals surface area contributed by atoms with E-state index in [0.717, 1.165) is 23.2 Å². The third-order valence-electron chi connectivity index (χ3n) is 4.24. The van der Waals surface area contributed by atoms with Gasteiger partial charge in [-0.1, -0.05) is 6.07 Å². The van der Waals surface area contributed by atoms with Crippen LogP contribution in [0, 0.1) is 18.3 Å². The Labute approximate surface area is 139 Å². The van der Waals surface area contributed by atoms with Crippen molar-refractivity contribution >= 4 is 5.52 Å². The van der Waals surface area contributed by atoms with E-state index >= 15 is 0 Å². The fraction of sp³-hybridized carbons (Fsp3) is 0.353. The minimum Gasteiger partial charge on any atom is -0.423 e. The van der Waals surface area contributed by atoms with Crippen molar-refractivity contribution in [1.29, 1.82) is 5.26 Å². The maximum Gasteiger partial charge on any atom is 0.246 e. The van der Waals surface area contributed by atoms with Crippen LogP contribution < -0.4 is 0 Å². The summed E-state index contributed by atoms with van der Waals surface area (Å²) in [6.45, 7) is 4.53. The Morgan fingerprint density at radius 3 is 3.08 bits per heavy atom. The highest BCUT2D eigenvalue weighted by Gasteiger charge is 2.27. The van der Waals surface area contributed by atoms with Crippen LogP contribution in [0.2, 0.25) is 0 Å². The van der Waals surface area contributed by atoms with Gasteiger partial charge in [-0.3, -0.25) is 4.90 Å². The van der Waals surface area contributed by atoms with Gasteiger partial charge in [0.1, 0.15) is 12.2 Å². The van der Waals surface area contributed by atoms with Gasteiger partial charge in [-0.05, 0) is 12.1 Å². The summed E-state index contributed by atoms with van der Waals surface area (Å²) < 4.78 is 13.2. The molecule has 0 N–H and O–H groups in total. The second-order valence-corrected chi connectivity index (χ2v) is 5.89. The Bertz CT molecular complexity index is 907. The van der Waals surface area contributed by atoms with E-state index in [1.54, 1.807) is 6.92 Å². The first-order chi connectivity index (χ1) is 11.7. The topological polar surface area (TPSA) is 79.6 Å². The number of nitrogens with zero attached hydrogens (tertiary/aromatic N) is 5. The molecule has 0 spiro atoms. The molecule has 0 saturated carbocycles. The lowest BCUT2D eigenvalue weighted by Gasteiger charge is -2.31. The van der Waals surface area contributed by atoms with Gasteiger partial charge < -0.3 is 13.6 Å². The summed E-state index contributed by atoms with van der Waals surface area (Å²) in [5.41, 5.74) is 2.69. The smallest absolute Gasteiger partial charge is 0.246 e. The molecule has 0 bridgehead atoms. The zero-order valence-corrected chi connectivity index (χ0v) is 13.3. The van der Waals surface area contributed by atoms with Crippen LogP contribution in [0.3, 0.4) is 0 Å². The first-order valence-electron chi connectivity index (χ1n) is 7.87. The summed E-state index contributed by atoms with van der Waals surface area (Å²) >= 11 is 0. The van der Waals surface area contributed by atoms with Crippen LogP contribution in [-0.2, 0) is 11.3 Å². The van der Waals surface area contributed by atoms with E-state index in [2.05, 4.69) is 21.2 Å². The molecule has 4 rings (SSSR count). The Hall–Kier alpha value is -2.69. The van der Waals surface area contributed by atoms with E-state index in [1.165, 1.54) is 0 Å². The molecule has 24 heavy (non-hydrogen) atoms. The normalized spacial score (nSPS) is 18.8. The van der Waals surface area contributed by atoms with Crippen LogP contribution in [0.1, 0.15) is 29.0 Å². The van der Waals surface area contributed by atoms with Gasteiger partial charge in [0.25, 0.3) is 0 Å². The third-order valence-corrected chi connectivity index (χ3v) is 4.24. The summed E-state index contributed by atoms with van der Waals surface area (Å²) in [5.74, 6) is 1.05. The fourth-order valence-electron chi connectivity index (χ4n) is 3.10. The van der Waals surface area contributed by atoms with E-state index in [-0.39, 0.29) is 6.10 Å².